The highest BCUT2D eigenvalue weighted by Gasteiger charge is 2.45. The zero-order valence-corrected chi connectivity index (χ0v) is 22.9. The van der Waals surface area contributed by atoms with Crippen molar-refractivity contribution in [2.75, 3.05) is 48.3 Å². The molecule has 4 rings (SSSR count). The Kier molecular flexibility index (Phi) is 9.62. The van der Waals surface area contributed by atoms with Gasteiger partial charge in [-0.05, 0) is 59.2 Å². The van der Waals surface area contributed by atoms with Crippen LogP contribution in [0, 0.1) is 11.8 Å². The highest BCUT2D eigenvalue weighted by atomic mass is 16.7. The minimum absolute atomic E-state index is 0.0562. The Labute approximate surface area is 232 Å². The summed E-state index contributed by atoms with van der Waals surface area (Å²) >= 11 is 0. The third kappa shape index (κ3) is 5.40. The Morgan fingerprint density at radius 1 is 0.725 bits per heavy atom. The molecular formula is C28H38O12. The van der Waals surface area contributed by atoms with E-state index in [0.717, 1.165) is 11.1 Å². The van der Waals surface area contributed by atoms with Gasteiger partial charge >= 0.3 is 0 Å². The van der Waals surface area contributed by atoms with Crippen molar-refractivity contribution in [2.24, 2.45) is 11.8 Å². The lowest BCUT2D eigenvalue weighted by Gasteiger charge is -2.40. The maximum absolute atomic E-state index is 10.5. The van der Waals surface area contributed by atoms with Gasteiger partial charge in [-0.3, -0.25) is 0 Å². The summed E-state index contributed by atoms with van der Waals surface area (Å²) in [6.07, 6.45) is -6.89. The van der Waals surface area contributed by atoms with Crippen LogP contribution in [0.4, 0.5) is 0 Å². The molecule has 0 amide bonds. The molecule has 8 atom stereocenters. The minimum Gasteiger partial charge on any atom is -0.493 e. The first-order valence-corrected chi connectivity index (χ1v) is 13.0. The zero-order valence-electron chi connectivity index (χ0n) is 22.9. The van der Waals surface area contributed by atoms with E-state index in [1.165, 1.54) is 14.2 Å². The Hall–Kier alpha value is -2.84. The second kappa shape index (κ2) is 12.8. The van der Waals surface area contributed by atoms with Gasteiger partial charge in [0.15, 0.2) is 23.0 Å². The second-order valence-corrected chi connectivity index (χ2v) is 9.95. The van der Waals surface area contributed by atoms with Crippen LogP contribution in [-0.4, -0.2) is 110 Å². The van der Waals surface area contributed by atoms with Gasteiger partial charge in [-0.15, -0.1) is 0 Å². The monoisotopic (exact) mass is 566 g/mol. The minimum atomic E-state index is -1.64. The molecule has 3 unspecified atom stereocenters. The normalized spacial score (nSPS) is 29.9. The van der Waals surface area contributed by atoms with Crippen molar-refractivity contribution in [3.05, 3.63) is 41.0 Å². The van der Waals surface area contributed by atoms with Gasteiger partial charge in [-0.1, -0.05) is 0 Å². The number of rotatable bonds is 10. The summed E-state index contributed by atoms with van der Waals surface area (Å²) in [4.78, 5) is 0. The van der Waals surface area contributed by atoms with Gasteiger partial charge in [0.25, 0.3) is 0 Å². The molecule has 2 aromatic rings. The summed E-state index contributed by atoms with van der Waals surface area (Å²) in [5.41, 5.74) is 2.51. The number of fused-ring (bicyclic) bond motifs is 1. The molecule has 1 heterocycles. The molecule has 0 saturated carbocycles. The third-order valence-electron chi connectivity index (χ3n) is 7.87. The van der Waals surface area contributed by atoms with E-state index >= 15 is 0 Å². The molecule has 40 heavy (non-hydrogen) atoms. The largest absolute Gasteiger partial charge is 0.493 e. The van der Waals surface area contributed by atoms with Crippen LogP contribution in [0.25, 0.3) is 0 Å². The molecule has 1 fully saturated rings. The van der Waals surface area contributed by atoms with E-state index in [-0.39, 0.29) is 42.3 Å². The topological polar surface area (TPSA) is 177 Å². The van der Waals surface area contributed by atoms with Gasteiger partial charge in [0, 0.05) is 19.1 Å². The average Bonchev–Trinajstić information content (AvgIpc) is 2.99. The molecule has 1 aliphatic carbocycles. The molecule has 0 aromatic heterocycles. The molecule has 0 bridgehead atoms. The van der Waals surface area contributed by atoms with E-state index in [2.05, 4.69) is 0 Å². The quantitative estimate of drug-likeness (QED) is 0.224. The number of aliphatic hydroxyl groups excluding tert-OH is 6. The molecule has 1 aliphatic heterocycles. The van der Waals surface area contributed by atoms with Gasteiger partial charge in [-0.2, -0.15) is 0 Å². The number of methoxy groups -OCH3 is 4. The van der Waals surface area contributed by atoms with Gasteiger partial charge in [0.1, 0.15) is 24.4 Å². The van der Waals surface area contributed by atoms with Crippen LogP contribution in [-0.2, 0) is 11.2 Å². The molecule has 2 aromatic carbocycles. The van der Waals surface area contributed by atoms with E-state index in [9.17, 15) is 30.6 Å². The van der Waals surface area contributed by atoms with Crippen molar-refractivity contribution in [3.63, 3.8) is 0 Å². The summed E-state index contributed by atoms with van der Waals surface area (Å²) in [5.74, 6) is 0.525. The summed E-state index contributed by atoms with van der Waals surface area (Å²) in [7, 11) is 5.93. The molecular weight excluding hydrogens is 528 g/mol. The predicted octanol–water partition coefficient (Wildman–Crippen LogP) is -0.195. The lowest BCUT2D eigenvalue weighted by atomic mass is 9.67. The van der Waals surface area contributed by atoms with E-state index < -0.39 is 43.2 Å². The SMILES string of the molecule is COc1cc2c(cc1OC)C(c1cc(OC)c(O[C@@H]3O[C@H](CO)[C@@H](O)[C@H](O)[C@H]3O)c(OC)c1)C(CO)C(CO)C2. The van der Waals surface area contributed by atoms with Crippen molar-refractivity contribution in [2.45, 2.75) is 43.0 Å². The molecule has 2 aliphatic rings. The van der Waals surface area contributed by atoms with Crippen molar-refractivity contribution >= 4 is 0 Å². The van der Waals surface area contributed by atoms with Crippen molar-refractivity contribution in [1.82, 2.24) is 0 Å². The molecule has 12 nitrogen and oxygen atoms in total. The number of hydrogen-bond acceptors (Lipinski definition) is 12. The van der Waals surface area contributed by atoms with Crippen molar-refractivity contribution in [3.8, 4) is 28.7 Å². The van der Waals surface area contributed by atoms with Gasteiger partial charge in [0.05, 0.1) is 35.0 Å². The number of ether oxygens (including phenoxy) is 6. The Morgan fingerprint density at radius 2 is 1.32 bits per heavy atom. The van der Waals surface area contributed by atoms with Crippen LogP contribution >= 0.6 is 0 Å². The molecule has 12 heteroatoms. The highest BCUT2D eigenvalue weighted by molar-refractivity contribution is 5.58. The Bertz CT molecular complexity index is 1130. The van der Waals surface area contributed by atoms with Crippen LogP contribution in [0.3, 0.4) is 0 Å². The zero-order chi connectivity index (χ0) is 29.1. The fourth-order valence-corrected chi connectivity index (χ4v) is 5.70. The average molecular weight is 567 g/mol. The van der Waals surface area contributed by atoms with E-state index in [4.69, 9.17) is 28.4 Å². The fourth-order valence-electron chi connectivity index (χ4n) is 5.70. The van der Waals surface area contributed by atoms with Gasteiger partial charge < -0.3 is 59.1 Å². The predicted molar refractivity (Wildman–Crippen MR) is 140 cm³/mol. The maximum Gasteiger partial charge on any atom is 0.229 e. The molecule has 0 radical (unpaired) electrons. The van der Waals surface area contributed by atoms with Crippen molar-refractivity contribution < 1.29 is 59.1 Å². The van der Waals surface area contributed by atoms with E-state index in [0.29, 0.717) is 23.5 Å². The van der Waals surface area contributed by atoms with Crippen LogP contribution in [0.1, 0.15) is 22.6 Å². The summed E-state index contributed by atoms with van der Waals surface area (Å²) < 4.78 is 33.7. The number of benzene rings is 2. The van der Waals surface area contributed by atoms with E-state index in [1.807, 2.05) is 12.1 Å². The van der Waals surface area contributed by atoms with Crippen LogP contribution in [0.2, 0.25) is 0 Å². The maximum atomic E-state index is 10.5. The van der Waals surface area contributed by atoms with Gasteiger partial charge in [0.2, 0.25) is 12.0 Å². The molecule has 1 saturated heterocycles. The Morgan fingerprint density at radius 3 is 1.85 bits per heavy atom. The van der Waals surface area contributed by atoms with Crippen LogP contribution < -0.4 is 23.7 Å². The Balaban J connectivity index is 1.81. The van der Waals surface area contributed by atoms with Crippen LogP contribution in [0.5, 0.6) is 28.7 Å². The van der Waals surface area contributed by atoms with Crippen LogP contribution in [0.15, 0.2) is 24.3 Å². The molecule has 6 N–H and O–H groups in total. The smallest absolute Gasteiger partial charge is 0.229 e. The highest BCUT2D eigenvalue weighted by Crippen LogP contribution is 2.50. The fraction of sp³-hybridized carbons (Fsp3) is 0.571. The van der Waals surface area contributed by atoms with Gasteiger partial charge in [-0.25, -0.2) is 0 Å². The third-order valence-corrected chi connectivity index (χ3v) is 7.87. The molecule has 0 spiro atoms. The number of aliphatic hydroxyl groups is 6. The summed E-state index contributed by atoms with van der Waals surface area (Å²) in [6, 6.07) is 7.15. The lowest BCUT2D eigenvalue weighted by Crippen LogP contribution is -2.60. The lowest BCUT2D eigenvalue weighted by molar-refractivity contribution is -0.277. The first-order chi connectivity index (χ1) is 19.3. The van der Waals surface area contributed by atoms with E-state index in [1.54, 1.807) is 26.4 Å². The first-order valence-electron chi connectivity index (χ1n) is 13.0. The summed E-state index contributed by atoms with van der Waals surface area (Å²) in [6.45, 7) is -0.943. The standard InChI is InChI=1S/C28H38O12/c1-35-18-6-13-5-15(10-29)17(11-30)23(16(13)9-19(18)36-2)14-7-20(37-3)27(21(8-14)38-4)40-28-26(34)25(33)24(32)22(12-31)39-28/h6-9,15,17,22-26,28-34H,5,10-12H2,1-4H3/t15?,17?,22-,23?,24-,25+,26-,28+/m1/s1. The number of hydrogen-bond donors (Lipinski definition) is 6. The second-order valence-electron chi connectivity index (χ2n) is 9.95. The summed E-state index contributed by atoms with van der Waals surface area (Å²) in [5, 5.41) is 61.0. The van der Waals surface area contributed by atoms with Crippen molar-refractivity contribution in [1.29, 1.82) is 0 Å². The molecule has 222 valence electrons. The first kappa shape index (κ1) is 30.1.